The molecule has 1 saturated heterocycles. The maximum Gasteiger partial charge on any atom is 0.227 e. The Labute approximate surface area is 208 Å². The number of thioether (sulfide) groups is 1. The average Bonchev–Trinajstić information content (AvgIpc) is 3.55. The van der Waals surface area contributed by atoms with Crippen LogP contribution in [0.1, 0.15) is 47.4 Å². The van der Waals surface area contributed by atoms with Crippen molar-refractivity contribution in [2.24, 2.45) is 0 Å². The Morgan fingerprint density at radius 2 is 1.91 bits per heavy atom. The average molecular weight is 499 g/mol. The van der Waals surface area contributed by atoms with Crippen LogP contribution in [0.5, 0.6) is 0 Å². The van der Waals surface area contributed by atoms with Crippen LogP contribution in [0.15, 0.2) is 63.5 Å². The highest BCUT2D eigenvalue weighted by Gasteiger charge is 2.35. The quantitative estimate of drug-likeness (QED) is 0.343. The second kappa shape index (κ2) is 11.2. The first kappa shape index (κ1) is 23.1. The van der Waals surface area contributed by atoms with E-state index in [1.165, 1.54) is 15.3 Å². The third-order valence-electron chi connectivity index (χ3n) is 6.42. The Bertz CT molecular complexity index is 1020. The second-order valence-electron chi connectivity index (χ2n) is 8.57. The molecule has 0 radical (unpaired) electrons. The molecule has 2 atom stereocenters. The van der Waals surface area contributed by atoms with Crippen LogP contribution in [0.4, 0.5) is 5.69 Å². The van der Waals surface area contributed by atoms with Crippen LogP contribution in [-0.4, -0.2) is 43.7 Å². The molecule has 33 heavy (non-hydrogen) atoms. The van der Waals surface area contributed by atoms with E-state index >= 15 is 0 Å². The van der Waals surface area contributed by atoms with Gasteiger partial charge in [-0.05, 0) is 71.8 Å². The number of ether oxygens (including phenoxy) is 1. The first-order valence-electron chi connectivity index (χ1n) is 11.7. The zero-order chi connectivity index (χ0) is 22.5. The Morgan fingerprint density at radius 3 is 2.70 bits per heavy atom. The molecule has 4 nitrogen and oxygen atoms in total. The van der Waals surface area contributed by atoms with Crippen LogP contribution >= 0.6 is 34.4 Å². The molecular formula is C26H30N2O2S3. The number of morpholine rings is 1. The van der Waals surface area contributed by atoms with Crippen molar-refractivity contribution in [3.8, 4) is 0 Å². The van der Waals surface area contributed by atoms with E-state index in [2.05, 4.69) is 68.4 Å². The second-order valence-corrected chi connectivity index (χ2v) is 11.6. The molecule has 1 aromatic carbocycles. The summed E-state index contributed by atoms with van der Waals surface area (Å²) in [5.41, 5.74) is 2.32. The van der Waals surface area contributed by atoms with E-state index in [0.29, 0.717) is 11.7 Å². The number of amides is 1. The van der Waals surface area contributed by atoms with Gasteiger partial charge in [0.05, 0.1) is 24.9 Å². The topological polar surface area (TPSA) is 32.8 Å². The van der Waals surface area contributed by atoms with E-state index in [1.807, 2.05) is 23.1 Å². The molecule has 0 N–H and O–H groups in total. The molecule has 0 saturated carbocycles. The minimum absolute atomic E-state index is 0.0613. The zero-order valence-corrected chi connectivity index (χ0v) is 21.2. The Morgan fingerprint density at radius 1 is 1.03 bits per heavy atom. The number of fused-ring (bicyclic) bond motifs is 1. The van der Waals surface area contributed by atoms with Crippen LogP contribution in [0.25, 0.3) is 0 Å². The lowest BCUT2D eigenvalue weighted by atomic mass is 10.0. The Hall–Kier alpha value is -1.64. The van der Waals surface area contributed by atoms with Crippen molar-refractivity contribution in [3.05, 3.63) is 69.0 Å². The van der Waals surface area contributed by atoms with Crippen molar-refractivity contribution in [1.82, 2.24) is 4.90 Å². The Kier molecular flexibility index (Phi) is 7.84. The fourth-order valence-corrected chi connectivity index (χ4v) is 7.66. The number of benzene rings is 1. The molecule has 174 valence electrons. The lowest BCUT2D eigenvalue weighted by molar-refractivity contribution is -0.119. The van der Waals surface area contributed by atoms with Crippen LogP contribution < -0.4 is 4.90 Å². The maximum atomic E-state index is 13.8. The summed E-state index contributed by atoms with van der Waals surface area (Å²) in [6.07, 6.45) is 3.49. The van der Waals surface area contributed by atoms with E-state index in [-0.39, 0.29) is 11.9 Å². The fraction of sp³-hybridized carbons (Fsp3) is 0.423. The molecule has 0 aliphatic carbocycles. The van der Waals surface area contributed by atoms with Crippen molar-refractivity contribution in [2.45, 2.75) is 41.9 Å². The molecule has 4 heterocycles. The summed E-state index contributed by atoms with van der Waals surface area (Å²) in [5.74, 6) is 0.244. The predicted molar refractivity (Wildman–Crippen MR) is 140 cm³/mol. The molecular weight excluding hydrogens is 468 g/mol. The molecule has 1 fully saturated rings. The molecule has 2 unspecified atom stereocenters. The van der Waals surface area contributed by atoms with Gasteiger partial charge < -0.3 is 9.64 Å². The van der Waals surface area contributed by atoms with Crippen molar-refractivity contribution >= 4 is 46.0 Å². The molecule has 0 spiro atoms. The van der Waals surface area contributed by atoms with Crippen LogP contribution in [0.2, 0.25) is 0 Å². The fourth-order valence-electron chi connectivity index (χ4n) is 4.70. The molecule has 3 aromatic rings. The van der Waals surface area contributed by atoms with E-state index in [9.17, 15) is 4.79 Å². The van der Waals surface area contributed by atoms with Gasteiger partial charge in [0.25, 0.3) is 0 Å². The van der Waals surface area contributed by atoms with Crippen LogP contribution in [0.3, 0.4) is 0 Å². The SMILES string of the molecule is O=C(CCCCN1CCOCC1)N1c2ccccc2SC(c2cccs2)CC1c1ccsc1. The largest absolute Gasteiger partial charge is 0.379 e. The summed E-state index contributed by atoms with van der Waals surface area (Å²) < 4.78 is 5.45. The highest BCUT2D eigenvalue weighted by Crippen LogP contribution is 2.52. The van der Waals surface area contributed by atoms with Gasteiger partial charge in [0, 0.05) is 34.5 Å². The summed E-state index contributed by atoms with van der Waals surface area (Å²) in [4.78, 5) is 20.9. The first-order valence-corrected chi connectivity index (χ1v) is 14.4. The standard InChI is InChI=1S/C26H30N2O2S3/c29-26(9-3-4-11-27-12-14-30-15-13-27)28-21-6-1-2-7-23(21)33-25(24-8-5-16-32-24)18-22(28)20-10-17-31-19-20/h1-2,5-8,10,16-17,19,22,25H,3-4,9,11-15,18H2. The van der Waals surface area contributed by atoms with Gasteiger partial charge in [-0.3, -0.25) is 9.69 Å². The molecule has 7 heteroatoms. The lowest BCUT2D eigenvalue weighted by Gasteiger charge is -2.32. The van der Waals surface area contributed by atoms with Gasteiger partial charge in [-0.2, -0.15) is 11.3 Å². The number of hydrogen-bond acceptors (Lipinski definition) is 6. The van der Waals surface area contributed by atoms with Gasteiger partial charge in [-0.25, -0.2) is 0 Å². The predicted octanol–water partition coefficient (Wildman–Crippen LogP) is 6.62. The van der Waals surface area contributed by atoms with Crippen LogP contribution in [0, 0.1) is 0 Å². The first-order chi connectivity index (χ1) is 16.3. The molecule has 2 aliphatic heterocycles. The summed E-state index contributed by atoms with van der Waals surface area (Å²) >= 11 is 5.44. The minimum atomic E-state index is 0.0613. The number of rotatable bonds is 7. The number of carbonyl (C=O) groups is 1. The summed E-state index contributed by atoms with van der Waals surface area (Å²) in [6, 6.07) is 15.1. The number of carbonyl (C=O) groups excluding carboxylic acids is 1. The van der Waals surface area contributed by atoms with E-state index < -0.39 is 0 Å². The smallest absolute Gasteiger partial charge is 0.227 e. The highest BCUT2D eigenvalue weighted by molar-refractivity contribution is 7.99. The van der Waals surface area contributed by atoms with Gasteiger partial charge in [0.15, 0.2) is 0 Å². The van der Waals surface area contributed by atoms with Crippen molar-refractivity contribution in [3.63, 3.8) is 0 Å². The van der Waals surface area contributed by atoms with Crippen LogP contribution in [-0.2, 0) is 9.53 Å². The van der Waals surface area contributed by atoms with Gasteiger partial charge in [0.1, 0.15) is 0 Å². The summed E-state index contributed by atoms with van der Waals surface area (Å²) in [5, 5.41) is 6.84. The van der Waals surface area contributed by atoms with E-state index in [1.54, 1.807) is 11.3 Å². The third kappa shape index (κ3) is 5.54. The van der Waals surface area contributed by atoms with Gasteiger partial charge >= 0.3 is 0 Å². The number of nitrogens with zero attached hydrogens (tertiary/aromatic N) is 2. The molecule has 0 bridgehead atoms. The Balaban J connectivity index is 1.36. The molecule has 2 aromatic heterocycles. The number of hydrogen-bond donors (Lipinski definition) is 0. The molecule has 5 rings (SSSR count). The third-order valence-corrected chi connectivity index (χ3v) is 9.59. The van der Waals surface area contributed by atoms with Crippen molar-refractivity contribution in [2.75, 3.05) is 37.7 Å². The van der Waals surface area contributed by atoms with Crippen molar-refractivity contribution < 1.29 is 9.53 Å². The lowest BCUT2D eigenvalue weighted by Crippen LogP contribution is -2.37. The maximum absolute atomic E-state index is 13.8. The van der Waals surface area contributed by atoms with E-state index in [4.69, 9.17) is 4.74 Å². The van der Waals surface area contributed by atoms with Gasteiger partial charge in [-0.1, -0.05) is 18.2 Å². The minimum Gasteiger partial charge on any atom is -0.379 e. The zero-order valence-electron chi connectivity index (χ0n) is 18.7. The summed E-state index contributed by atoms with van der Waals surface area (Å²) in [7, 11) is 0. The molecule has 2 aliphatic rings. The highest BCUT2D eigenvalue weighted by atomic mass is 32.2. The number of anilines is 1. The van der Waals surface area contributed by atoms with Crippen molar-refractivity contribution in [1.29, 1.82) is 0 Å². The van der Waals surface area contributed by atoms with Gasteiger partial charge in [-0.15, -0.1) is 23.1 Å². The van der Waals surface area contributed by atoms with E-state index in [0.717, 1.165) is 57.8 Å². The van der Waals surface area contributed by atoms with Gasteiger partial charge in [0.2, 0.25) is 5.91 Å². The molecule has 1 amide bonds. The summed E-state index contributed by atoms with van der Waals surface area (Å²) in [6.45, 7) is 4.73. The normalized spacial score (nSPS) is 21.5. The number of unbranched alkanes of at least 4 members (excludes halogenated alkanes) is 1. The number of thiophene rings is 2. The number of para-hydroxylation sites is 1. The monoisotopic (exact) mass is 498 g/mol.